The Morgan fingerprint density at radius 3 is 2.63 bits per heavy atom. The molecule has 0 aliphatic carbocycles. The summed E-state index contributed by atoms with van der Waals surface area (Å²) in [5.74, 6) is -0.919. The van der Waals surface area contributed by atoms with Crippen LogP contribution in [-0.4, -0.2) is 41.0 Å². The second-order valence-corrected chi connectivity index (χ2v) is 12.6. The number of ether oxygens (including phenoxy) is 2. The molecule has 0 spiro atoms. The number of benzene rings is 4. The summed E-state index contributed by atoms with van der Waals surface area (Å²) in [6.07, 6.45) is 2.73. The average Bonchev–Trinajstić information content (AvgIpc) is 3.93. The second kappa shape index (κ2) is 12.8. The average molecular weight is 720 g/mol. The first-order chi connectivity index (χ1) is 24.8. The summed E-state index contributed by atoms with van der Waals surface area (Å²) in [6.45, 7) is 0.252. The van der Waals surface area contributed by atoms with E-state index in [4.69, 9.17) is 37.1 Å². The van der Waals surface area contributed by atoms with Gasteiger partial charge in [-0.3, -0.25) is 14.9 Å². The highest BCUT2D eigenvalue weighted by Crippen LogP contribution is 2.46. The SMILES string of the molecule is N#COCC1CN(C(=O)c2cc3cc(NC(=O)c4cc5ccc(Cl)c(Cl)c5o4)ccc3[nH]2)c2cc(OC(=O)Nc3ccccc3)c3[nH]ccc3c21. The number of anilines is 3. The van der Waals surface area contributed by atoms with E-state index in [0.717, 1.165) is 10.9 Å². The van der Waals surface area contributed by atoms with E-state index in [0.29, 0.717) is 49.5 Å². The van der Waals surface area contributed by atoms with Crippen molar-refractivity contribution >= 4 is 90.9 Å². The number of carbonyl (C=O) groups is 3. The lowest BCUT2D eigenvalue weighted by Crippen LogP contribution is -2.30. The van der Waals surface area contributed by atoms with Crippen LogP contribution < -0.4 is 20.3 Å². The van der Waals surface area contributed by atoms with Crippen LogP contribution in [0.1, 0.15) is 32.5 Å². The van der Waals surface area contributed by atoms with Crippen LogP contribution in [0, 0.1) is 11.5 Å². The lowest BCUT2D eigenvalue weighted by molar-refractivity contribution is 0.0979. The predicted octanol–water partition coefficient (Wildman–Crippen LogP) is 8.81. The van der Waals surface area contributed by atoms with Crippen molar-refractivity contribution in [2.45, 2.75) is 5.92 Å². The molecule has 3 amide bonds. The van der Waals surface area contributed by atoms with Gasteiger partial charge in [-0.2, -0.15) is 5.26 Å². The van der Waals surface area contributed by atoms with E-state index in [1.165, 1.54) is 0 Å². The molecule has 252 valence electrons. The van der Waals surface area contributed by atoms with Crippen molar-refractivity contribution in [1.29, 1.82) is 5.26 Å². The molecule has 0 saturated carbocycles. The van der Waals surface area contributed by atoms with Gasteiger partial charge in [0.05, 0.1) is 16.2 Å². The summed E-state index contributed by atoms with van der Waals surface area (Å²) in [5.41, 5.74) is 4.14. The third-order valence-corrected chi connectivity index (χ3v) is 9.45. The molecule has 1 unspecified atom stereocenters. The van der Waals surface area contributed by atoms with Gasteiger partial charge in [-0.15, -0.1) is 0 Å². The number of nitriles is 1. The zero-order chi connectivity index (χ0) is 35.2. The molecule has 14 heteroatoms. The summed E-state index contributed by atoms with van der Waals surface area (Å²) < 4.78 is 16.6. The highest BCUT2D eigenvalue weighted by molar-refractivity contribution is 6.44. The van der Waals surface area contributed by atoms with Gasteiger partial charge in [-0.05, 0) is 66.2 Å². The highest BCUT2D eigenvalue weighted by atomic mass is 35.5. The number of H-pyrrole nitrogens is 2. The van der Waals surface area contributed by atoms with Gasteiger partial charge in [-0.25, -0.2) is 4.79 Å². The van der Waals surface area contributed by atoms with E-state index < -0.39 is 12.0 Å². The second-order valence-electron chi connectivity index (χ2n) is 11.8. The van der Waals surface area contributed by atoms with Crippen LogP contribution in [0.2, 0.25) is 10.0 Å². The van der Waals surface area contributed by atoms with Gasteiger partial charge < -0.3 is 34.1 Å². The zero-order valence-corrected chi connectivity index (χ0v) is 27.8. The monoisotopic (exact) mass is 718 g/mol. The molecule has 8 rings (SSSR count). The lowest BCUT2D eigenvalue weighted by Gasteiger charge is -2.18. The molecule has 1 atom stereocenters. The van der Waals surface area contributed by atoms with Crippen LogP contribution in [0.25, 0.3) is 32.8 Å². The van der Waals surface area contributed by atoms with E-state index in [2.05, 4.69) is 20.6 Å². The zero-order valence-electron chi connectivity index (χ0n) is 26.3. The minimum atomic E-state index is -0.704. The molecule has 4 aromatic carbocycles. The van der Waals surface area contributed by atoms with Crippen molar-refractivity contribution in [2.75, 3.05) is 28.7 Å². The number of aromatic amines is 2. The first-order valence-electron chi connectivity index (χ1n) is 15.6. The number of halogens is 2. The third kappa shape index (κ3) is 5.84. The number of nitrogens with one attached hydrogen (secondary N) is 4. The molecule has 0 radical (unpaired) electrons. The number of hydrogen-bond acceptors (Lipinski definition) is 7. The largest absolute Gasteiger partial charge is 0.449 e. The Kier molecular flexibility index (Phi) is 7.98. The molecular weight excluding hydrogens is 695 g/mol. The lowest BCUT2D eigenvalue weighted by atomic mass is 9.98. The molecule has 3 aromatic heterocycles. The number of para-hydroxylation sites is 1. The van der Waals surface area contributed by atoms with Gasteiger partial charge in [-0.1, -0.05) is 41.4 Å². The van der Waals surface area contributed by atoms with Gasteiger partial charge in [0.25, 0.3) is 18.1 Å². The molecule has 0 bridgehead atoms. The van der Waals surface area contributed by atoms with Crippen molar-refractivity contribution in [2.24, 2.45) is 0 Å². The van der Waals surface area contributed by atoms with E-state index >= 15 is 0 Å². The van der Waals surface area contributed by atoms with Crippen LogP contribution in [0.5, 0.6) is 5.75 Å². The molecule has 7 aromatic rings. The summed E-state index contributed by atoms with van der Waals surface area (Å²) in [4.78, 5) is 48.0. The van der Waals surface area contributed by atoms with Gasteiger partial charge >= 0.3 is 6.09 Å². The molecular formula is C37H24Cl2N6O6. The molecule has 0 saturated heterocycles. The maximum absolute atomic E-state index is 14.2. The highest BCUT2D eigenvalue weighted by Gasteiger charge is 2.37. The summed E-state index contributed by atoms with van der Waals surface area (Å²) in [6, 6.07) is 24.1. The normalized spacial score (nSPS) is 13.7. The number of furan rings is 1. The van der Waals surface area contributed by atoms with Gasteiger partial charge in [0, 0.05) is 57.8 Å². The van der Waals surface area contributed by atoms with Crippen molar-refractivity contribution in [3.63, 3.8) is 0 Å². The molecule has 4 heterocycles. The Balaban J connectivity index is 1.08. The van der Waals surface area contributed by atoms with E-state index in [9.17, 15) is 19.6 Å². The van der Waals surface area contributed by atoms with Crippen molar-refractivity contribution in [3.05, 3.63) is 118 Å². The number of carbonyl (C=O) groups excluding carboxylic acids is 3. The third-order valence-electron chi connectivity index (χ3n) is 8.66. The Labute approximate surface area is 298 Å². The summed E-state index contributed by atoms with van der Waals surface area (Å²) >= 11 is 12.3. The number of amides is 3. The Morgan fingerprint density at radius 1 is 0.961 bits per heavy atom. The Bertz CT molecular complexity index is 2570. The number of rotatable bonds is 7. The molecule has 51 heavy (non-hydrogen) atoms. The fraction of sp³-hybridized carbons (Fsp3) is 0.0811. The minimum Gasteiger partial charge on any atom is -0.449 e. The first-order valence-corrected chi connectivity index (χ1v) is 16.3. The van der Waals surface area contributed by atoms with Gasteiger partial charge in [0.15, 0.2) is 17.1 Å². The van der Waals surface area contributed by atoms with Crippen LogP contribution in [0.15, 0.2) is 95.5 Å². The fourth-order valence-electron chi connectivity index (χ4n) is 6.40. The number of aromatic nitrogens is 2. The molecule has 1 aliphatic rings. The molecule has 4 N–H and O–H groups in total. The molecule has 12 nitrogen and oxygen atoms in total. The smallest absolute Gasteiger partial charge is 0.417 e. The fourth-order valence-corrected chi connectivity index (χ4v) is 6.76. The van der Waals surface area contributed by atoms with Crippen molar-refractivity contribution in [3.8, 4) is 12.0 Å². The predicted molar refractivity (Wildman–Crippen MR) is 193 cm³/mol. The number of hydrogen-bond donors (Lipinski definition) is 4. The minimum absolute atomic E-state index is 0.0441. The Morgan fingerprint density at radius 2 is 1.80 bits per heavy atom. The van der Waals surface area contributed by atoms with E-state index in [1.807, 2.05) is 12.1 Å². The summed E-state index contributed by atoms with van der Waals surface area (Å²) in [7, 11) is 0. The Hall–Kier alpha value is -6.42. The summed E-state index contributed by atoms with van der Waals surface area (Å²) in [5, 5.41) is 17.3. The maximum Gasteiger partial charge on any atom is 0.417 e. The van der Waals surface area contributed by atoms with Crippen LogP contribution in [-0.2, 0) is 4.74 Å². The maximum atomic E-state index is 14.2. The van der Waals surface area contributed by atoms with Crippen molar-refractivity contribution in [1.82, 2.24) is 9.97 Å². The standard InChI is InChI=1S/C37H24Cl2N6O6/c38-25-8-6-19-14-30(50-34(19)32(25)39)35(46)42-23-7-9-26-20(12-23)13-27(44-26)36(47)45-16-21(17-49-18-40)31-24-10-11-41-33(24)29(15-28(31)45)51-37(48)43-22-4-2-1-3-5-22/h1-15,21,41,44H,16-17H2,(H,42,46)(H,43,48). The first kappa shape index (κ1) is 31.8. The number of nitrogens with zero attached hydrogens (tertiary/aromatic N) is 2. The molecule has 0 fully saturated rings. The van der Waals surface area contributed by atoms with E-state index in [1.54, 1.807) is 90.1 Å². The van der Waals surface area contributed by atoms with Crippen LogP contribution >= 0.6 is 23.2 Å². The van der Waals surface area contributed by atoms with Crippen LogP contribution in [0.4, 0.5) is 21.9 Å². The van der Waals surface area contributed by atoms with Gasteiger partial charge in [0.1, 0.15) is 17.3 Å². The van der Waals surface area contributed by atoms with E-state index in [-0.39, 0.29) is 47.2 Å². The van der Waals surface area contributed by atoms with Crippen LogP contribution in [0.3, 0.4) is 0 Å². The van der Waals surface area contributed by atoms with Crippen molar-refractivity contribution < 1.29 is 28.3 Å². The topological polar surface area (TPSA) is 165 Å². The number of fused-ring (bicyclic) bond motifs is 5. The van der Waals surface area contributed by atoms with Gasteiger partial charge in [0.2, 0.25) is 0 Å². The quantitative estimate of drug-likeness (QED) is 0.120. The molecule has 1 aliphatic heterocycles.